The fraction of sp³-hybridized carbons (Fsp3) is 0.625. The molecule has 21 heavy (non-hydrogen) atoms. The molecule has 1 amide bonds. The highest BCUT2D eigenvalue weighted by Crippen LogP contribution is 2.36. The van der Waals surface area contributed by atoms with E-state index in [4.69, 9.17) is 5.26 Å². The van der Waals surface area contributed by atoms with Crippen LogP contribution < -0.4 is 5.32 Å². The topological polar surface area (TPSA) is 71.9 Å². The van der Waals surface area contributed by atoms with Crippen LogP contribution in [-0.4, -0.2) is 35.4 Å². The van der Waals surface area contributed by atoms with E-state index in [-0.39, 0.29) is 11.3 Å². The van der Waals surface area contributed by atoms with Gasteiger partial charge in [-0.2, -0.15) is 5.26 Å². The molecule has 0 aromatic carbocycles. The van der Waals surface area contributed by atoms with E-state index in [9.17, 15) is 4.79 Å². The number of H-pyrrole nitrogens is 1. The van der Waals surface area contributed by atoms with E-state index in [1.54, 1.807) is 0 Å². The number of carbonyl (C=O) groups excluding carboxylic acids is 1. The van der Waals surface area contributed by atoms with Crippen molar-refractivity contribution < 1.29 is 4.79 Å². The summed E-state index contributed by atoms with van der Waals surface area (Å²) in [7, 11) is 0. The van der Waals surface area contributed by atoms with Gasteiger partial charge in [-0.25, -0.2) is 0 Å². The summed E-state index contributed by atoms with van der Waals surface area (Å²) in [6, 6.07) is 4.17. The van der Waals surface area contributed by atoms with E-state index in [0.717, 1.165) is 49.6 Å². The number of hydrogen-bond acceptors (Lipinski definition) is 3. The predicted molar refractivity (Wildman–Crippen MR) is 79.4 cm³/mol. The average molecular weight is 286 g/mol. The molecule has 3 heterocycles. The monoisotopic (exact) mass is 286 g/mol. The van der Waals surface area contributed by atoms with Crippen LogP contribution in [0.4, 0.5) is 0 Å². The highest BCUT2D eigenvalue weighted by atomic mass is 16.1. The number of amides is 1. The lowest BCUT2D eigenvalue weighted by molar-refractivity contribution is -0.125. The molecule has 1 spiro atoms. The number of nitriles is 1. The van der Waals surface area contributed by atoms with Crippen LogP contribution in [0.2, 0.25) is 0 Å². The zero-order valence-electron chi connectivity index (χ0n) is 12.5. The van der Waals surface area contributed by atoms with Crippen molar-refractivity contribution >= 4 is 5.91 Å². The van der Waals surface area contributed by atoms with Crippen LogP contribution in [0, 0.1) is 23.7 Å². The van der Waals surface area contributed by atoms with Crippen molar-refractivity contribution in [1.29, 1.82) is 5.26 Å². The summed E-state index contributed by atoms with van der Waals surface area (Å²) in [6.45, 7) is 5.74. The number of aryl methyl sites for hydroxylation is 1. The Morgan fingerprint density at radius 2 is 2.33 bits per heavy atom. The number of piperidine rings is 2. The van der Waals surface area contributed by atoms with Gasteiger partial charge in [-0.05, 0) is 38.8 Å². The van der Waals surface area contributed by atoms with Crippen LogP contribution in [0.25, 0.3) is 0 Å². The molecule has 2 N–H and O–H groups in total. The summed E-state index contributed by atoms with van der Waals surface area (Å²) < 4.78 is 0. The molecule has 2 saturated heterocycles. The van der Waals surface area contributed by atoms with Crippen LogP contribution >= 0.6 is 0 Å². The Labute approximate surface area is 125 Å². The number of likely N-dealkylation sites (tertiary alicyclic amines) is 1. The van der Waals surface area contributed by atoms with Crippen LogP contribution in [0.1, 0.15) is 42.6 Å². The van der Waals surface area contributed by atoms with Gasteiger partial charge in [0.2, 0.25) is 5.91 Å². The number of hydrogen-bond donors (Lipinski definition) is 2. The molecule has 1 atom stereocenters. The highest BCUT2D eigenvalue weighted by molar-refractivity contribution is 5.76. The lowest BCUT2D eigenvalue weighted by Crippen LogP contribution is -2.52. The number of nitrogens with one attached hydrogen (secondary N) is 2. The van der Waals surface area contributed by atoms with E-state index < -0.39 is 0 Å². The van der Waals surface area contributed by atoms with Gasteiger partial charge in [0.1, 0.15) is 6.07 Å². The second kappa shape index (κ2) is 5.53. The maximum Gasteiger partial charge on any atom is 0.220 e. The van der Waals surface area contributed by atoms with Crippen molar-refractivity contribution in [2.75, 3.05) is 19.6 Å². The maximum absolute atomic E-state index is 11.4. The van der Waals surface area contributed by atoms with Crippen LogP contribution in [0.15, 0.2) is 6.07 Å². The van der Waals surface area contributed by atoms with Gasteiger partial charge in [0, 0.05) is 42.9 Å². The predicted octanol–water partition coefficient (Wildman–Crippen LogP) is 1.69. The van der Waals surface area contributed by atoms with Crippen molar-refractivity contribution in [2.45, 2.75) is 39.2 Å². The number of aromatic amines is 1. The smallest absolute Gasteiger partial charge is 0.220 e. The summed E-state index contributed by atoms with van der Waals surface area (Å²) in [5, 5.41) is 12.1. The highest BCUT2D eigenvalue weighted by Gasteiger charge is 2.38. The van der Waals surface area contributed by atoms with Crippen LogP contribution in [0.5, 0.6) is 0 Å². The molecule has 1 aromatic rings. The molecule has 0 saturated carbocycles. The number of nitrogens with zero attached hydrogens (tertiary/aromatic N) is 2. The third-order valence-corrected chi connectivity index (χ3v) is 4.87. The fourth-order valence-corrected chi connectivity index (χ4v) is 3.70. The lowest BCUT2D eigenvalue weighted by atomic mass is 9.74. The second-order valence-electron chi connectivity index (χ2n) is 6.54. The summed E-state index contributed by atoms with van der Waals surface area (Å²) >= 11 is 0. The quantitative estimate of drug-likeness (QED) is 0.869. The zero-order valence-corrected chi connectivity index (χ0v) is 12.5. The molecular formula is C16H22N4O. The Bertz CT molecular complexity index is 574. The largest absolute Gasteiger partial charge is 0.360 e. The van der Waals surface area contributed by atoms with Gasteiger partial charge >= 0.3 is 0 Å². The van der Waals surface area contributed by atoms with Gasteiger partial charge in [0.15, 0.2) is 0 Å². The minimum absolute atomic E-state index is 0.191. The Morgan fingerprint density at radius 3 is 3.00 bits per heavy atom. The first kappa shape index (κ1) is 14.2. The molecule has 2 aliphatic heterocycles. The molecule has 0 unspecified atom stereocenters. The van der Waals surface area contributed by atoms with Gasteiger partial charge in [0.25, 0.3) is 0 Å². The molecule has 112 valence electrons. The summed E-state index contributed by atoms with van der Waals surface area (Å²) in [5.41, 5.74) is 3.05. The number of aromatic nitrogens is 1. The first-order chi connectivity index (χ1) is 10.1. The summed E-state index contributed by atoms with van der Waals surface area (Å²) in [6.07, 6.45) is 4.05. The van der Waals surface area contributed by atoms with E-state index >= 15 is 0 Å². The molecule has 0 bridgehead atoms. The first-order valence-corrected chi connectivity index (χ1v) is 7.68. The summed E-state index contributed by atoms with van der Waals surface area (Å²) in [4.78, 5) is 17.1. The van der Waals surface area contributed by atoms with Crippen LogP contribution in [0.3, 0.4) is 0 Å². The van der Waals surface area contributed by atoms with Gasteiger partial charge < -0.3 is 10.3 Å². The van der Waals surface area contributed by atoms with Gasteiger partial charge in [-0.3, -0.25) is 9.69 Å². The molecule has 2 fully saturated rings. The average Bonchev–Trinajstić information content (AvgIpc) is 2.82. The van der Waals surface area contributed by atoms with E-state index in [1.165, 1.54) is 12.8 Å². The lowest BCUT2D eigenvalue weighted by Gasteiger charge is -2.45. The molecule has 2 aliphatic rings. The standard InChI is InChI=1S/C16H22N4O/c1-12-13(8-17)7-14(19-12)9-20-6-2-4-16(11-20)5-3-15(21)18-10-16/h7,19H,2-6,9-11H2,1H3,(H,18,21)/t16-/m0/s1. The minimum Gasteiger partial charge on any atom is -0.360 e. The zero-order chi connectivity index (χ0) is 14.9. The Kier molecular flexibility index (Phi) is 3.73. The van der Waals surface area contributed by atoms with E-state index in [2.05, 4.69) is 21.3 Å². The SMILES string of the molecule is Cc1[nH]c(CN2CCC[C@@]3(CCC(=O)NC3)C2)cc1C#N. The third kappa shape index (κ3) is 2.96. The van der Waals surface area contributed by atoms with Crippen molar-refractivity contribution in [3.8, 4) is 6.07 Å². The summed E-state index contributed by atoms with van der Waals surface area (Å²) in [5.74, 6) is 0.191. The van der Waals surface area contributed by atoms with Crippen molar-refractivity contribution in [3.05, 3.63) is 23.0 Å². The van der Waals surface area contributed by atoms with Crippen molar-refractivity contribution in [1.82, 2.24) is 15.2 Å². The molecular weight excluding hydrogens is 264 g/mol. The molecule has 0 radical (unpaired) electrons. The van der Waals surface area contributed by atoms with E-state index in [0.29, 0.717) is 6.42 Å². The first-order valence-electron chi connectivity index (χ1n) is 7.68. The molecule has 5 nitrogen and oxygen atoms in total. The van der Waals surface area contributed by atoms with Crippen molar-refractivity contribution in [3.63, 3.8) is 0 Å². The van der Waals surface area contributed by atoms with Crippen molar-refractivity contribution in [2.24, 2.45) is 5.41 Å². The number of rotatable bonds is 2. The molecule has 1 aromatic heterocycles. The Hall–Kier alpha value is -1.80. The second-order valence-corrected chi connectivity index (χ2v) is 6.54. The van der Waals surface area contributed by atoms with Gasteiger partial charge in [-0.1, -0.05) is 0 Å². The number of carbonyl (C=O) groups is 1. The molecule has 0 aliphatic carbocycles. The Morgan fingerprint density at radius 1 is 1.48 bits per heavy atom. The normalized spacial score (nSPS) is 26.6. The maximum atomic E-state index is 11.4. The molecule has 3 rings (SSSR count). The van der Waals surface area contributed by atoms with Gasteiger partial charge in [0.05, 0.1) is 5.56 Å². The van der Waals surface area contributed by atoms with Gasteiger partial charge in [-0.15, -0.1) is 0 Å². The minimum atomic E-state index is 0.191. The Balaban J connectivity index is 1.66. The van der Waals surface area contributed by atoms with Crippen LogP contribution in [-0.2, 0) is 11.3 Å². The third-order valence-electron chi connectivity index (χ3n) is 4.87. The fourth-order valence-electron chi connectivity index (χ4n) is 3.70. The molecule has 5 heteroatoms. The van der Waals surface area contributed by atoms with E-state index in [1.807, 2.05) is 13.0 Å².